The molecule has 2 atom stereocenters. The molecule has 0 heterocycles. The highest BCUT2D eigenvalue weighted by Gasteiger charge is 2.44. The Labute approximate surface area is 213 Å². The second-order valence-electron chi connectivity index (χ2n) is 8.53. The second kappa shape index (κ2) is 11.1. The van der Waals surface area contributed by atoms with Gasteiger partial charge in [0.05, 0.1) is 12.1 Å². The first-order valence-corrected chi connectivity index (χ1v) is 11.4. The molecule has 0 saturated heterocycles. The Hall–Kier alpha value is -4.05. The predicted molar refractivity (Wildman–Crippen MR) is 128 cm³/mol. The quantitative estimate of drug-likeness (QED) is 0.244. The number of benzene rings is 4. The van der Waals surface area contributed by atoms with E-state index in [2.05, 4.69) is 10.1 Å². The van der Waals surface area contributed by atoms with E-state index in [1.807, 2.05) is 0 Å². The molecule has 4 nitrogen and oxygen atoms in total. The Balaban J connectivity index is 1.65. The summed E-state index contributed by atoms with van der Waals surface area (Å²) in [7, 11) is 0. The van der Waals surface area contributed by atoms with Crippen molar-refractivity contribution in [2.75, 3.05) is 0 Å². The molecule has 198 valence electrons. The van der Waals surface area contributed by atoms with Crippen molar-refractivity contribution in [3.8, 4) is 5.75 Å². The average Bonchev–Trinajstić information content (AvgIpc) is 2.88. The van der Waals surface area contributed by atoms with Gasteiger partial charge in [-0.05, 0) is 59.3 Å². The zero-order chi connectivity index (χ0) is 27.4. The third-order valence-corrected chi connectivity index (χ3v) is 5.89. The largest absolute Gasteiger partial charge is 0.461 e. The van der Waals surface area contributed by atoms with Crippen LogP contribution in [0, 0.1) is 11.6 Å². The zero-order valence-electron chi connectivity index (χ0n) is 19.6. The SMILES string of the molecule is O=C(N[C@H](Cc1cccc(OC(F)(F)C(F)F)c1)[C@@H](O)c1ccc(F)cc1)c1ccc(F)c2ccccc12. The normalized spacial score (nSPS) is 13.4. The Bertz CT molecular complexity index is 1430. The van der Waals surface area contributed by atoms with E-state index in [1.54, 1.807) is 18.2 Å². The summed E-state index contributed by atoms with van der Waals surface area (Å²) in [5, 5.41) is 14.3. The molecular formula is C28H21F6NO3. The lowest BCUT2D eigenvalue weighted by molar-refractivity contribution is -0.253. The fraction of sp³-hybridized carbons (Fsp3) is 0.179. The van der Waals surface area contributed by atoms with Crippen molar-refractivity contribution in [3.05, 3.63) is 113 Å². The fourth-order valence-corrected chi connectivity index (χ4v) is 4.03. The average molecular weight is 533 g/mol. The molecule has 0 aliphatic rings. The molecule has 0 spiro atoms. The number of amides is 1. The maximum atomic E-state index is 14.3. The first-order chi connectivity index (χ1) is 18.0. The Morgan fingerprint density at radius 1 is 0.895 bits per heavy atom. The van der Waals surface area contributed by atoms with Crippen molar-refractivity contribution in [1.82, 2.24) is 5.32 Å². The van der Waals surface area contributed by atoms with Gasteiger partial charge < -0.3 is 15.2 Å². The lowest BCUT2D eigenvalue weighted by atomic mass is 9.95. The molecule has 38 heavy (non-hydrogen) atoms. The minimum absolute atomic E-state index is 0.118. The third-order valence-electron chi connectivity index (χ3n) is 5.89. The Morgan fingerprint density at radius 3 is 2.26 bits per heavy atom. The maximum Gasteiger partial charge on any atom is 0.461 e. The highest BCUT2D eigenvalue weighted by Crippen LogP contribution is 2.29. The van der Waals surface area contributed by atoms with Crippen LogP contribution >= 0.6 is 0 Å². The number of rotatable bonds is 9. The van der Waals surface area contributed by atoms with Gasteiger partial charge in [-0.1, -0.05) is 48.5 Å². The number of nitrogens with one attached hydrogen (secondary N) is 1. The van der Waals surface area contributed by atoms with E-state index in [4.69, 9.17) is 0 Å². The van der Waals surface area contributed by atoms with Crippen LogP contribution in [-0.2, 0) is 6.42 Å². The number of hydrogen-bond donors (Lipinski definition) is 2. The van der Waals surface area contributed by atoms with Crippen molar-refractivity contribution in [1.29, 1.82) is 0 Å². The molecule has 2 N–H and O–H groups in total. The summed E-state index contributed by atoms with van der Waals surface area (Å²) in [6.45, 7) is 0. The Kier molecular flexibility index (Phi) is 7.91. The molecule has 0 aromatic heterocycles. The van der Waals surface area contributed by atoms with Crippen molar-refractivity contribution in [2.24, 2.45) is 0 Å². The minimum atomic E-state index is -4.72. The molecule has 1 amide bonds. The molecule has 4 aromatic rings. The number of aliphatic hydroxyl groups is 1. The number of fused-ring (bicyclic) bond motifs is 1. The Morgan fingerprint density at radius 2 is 1.58 bits per heavy atom. The molecule has 0 unspecified atom stereocenters. The highest BCUT2D eigenvalue weighted by molar-refractivity contribution is 6.07. The van der Waals surface area contributed by atoms with E-state index in [0.717, 1.165) is 30.3 Å². The third kappa shape index (κ3) is 6.08. The van der Waals surface area contributed by atoms with Crippen LogP contribution in [0.25, 0.3) is 10.8 Å². The lowest BCUT2D eigenvalue weighted by Gasteiger charge is -2.25. The molecule has 10 heteroatoms. The summed E-state index contributed by atoms with van der Waals surface area (Å²) in [6, 6.07) is 17.4. The van der Waals surface area contributed by atoms with E-state index in [1.165, 1.54) is 36.4 Å². The van der Waals surface area contributed by atoms with Crippen LogP contribution in [0.5, 0.6) is 5.75 Å². The van der Waals surface area contributed by atoms with Crippen LogP contribution in [0.1, 0.15) is 27.6 Å². The molecule has 0 bridgehead atoms. The number of halogens is 6. The number of carbonyl (C=O) groups is 1. The molecular weight excluding hydrogens is 512 g/mol. The van der Waals surface area contributed by atoms with Gasteiger partial charge in [-0.25, -0.2) is 8.78 Å². The number of carbonyl (C=O) groups excluding carboxylic acids is 1. The summed E-state index contributed by atoms with van der Waals surface area (Å²) in [5.74, 6) is -2.29. The number of hydrogen-bond acceptors (Lipinski definition) is 3. The standard InChI is InChI=1S/C28H21F6NO3/c29-18-10-8-17(9-11-18)25(36)24(15-16-4-3-5-19(14-16)38-28(33,34)27(31)32)35-26(37)22-12-13-23(30)21-7-2-1-6-20(21)22/h1-14,24-25,27,36H,15H2,(H,35,37)/t24-,25+/m1/s1. The van der Waals surface area contributed by atoms with Crippen LogP contribution in [0.15, 0.2) is 84.9 Å². The summed E-state index contributed by atoms with van der Waals surface area (Å²) in [5.41, 5.74) is 0.632. The molecule has 0 radical (unpaired) electrons. The van der Waals surface area contributed by atoms with Gasteiger partial charge in [0.25, 0.3) is 5.91 Å². The van der Waals surface area contributed by atoms with E-state index in [0.29, 0.717) is 5.39 Å². The molecule has 4 rings (SSSR count). The summed E-state index contributed by atoms with van der Waals surface area (Å²) < 4.78 is 83.8. The molecule has 0 aliphatic carbocycles. The van der Waals surface area contributed by atoms with Gasteiger partial charge in [0.1, 0.15) is 17.4 Å². The smallest absolute Gasteiger partial charge is 0.428 e. The van der Waals surface area contributed by atoms with Gasteiger partial charge in [0.2, 0.25) is 0 Å². The van der Waals surface area contributed by atoms with E-state index < -0.39 is 48.0 Å². The van der Waals surface area contributed by atoms with E-state index in [9.17, 15) is 36.2 Å². The van der Waals surface area contributed by atoms with Gasteiger partial charge in [-0.15, -0.1) is 0 Å². The monoisotopic (exact) mass is 533 g/mol. The summed E-state index contributed by atoms with van der Waals surface area (Å²) >= 11 is 0. The maximum absolute atomic E-state index is 14.3. The van der Waals surface area contributed by atoms with Crippen LogP contribution < -0.4 is 10.1 Å². The minimum Gasteiger partial charge on any atom is -0.428 e. The predicted octanol–water partition coefficient (Wildman–Crippen LogP) is 6.43. The molecule has 4 aromatic carbocycles. The van der Waals surface area contributed by atoms with Crippen molar-refractivity contribution >= 4 is 16.7 Å². The van der Waals surface area contributed by atoms with E-state index >= 15 is 0 Å². The highest BCUT2D eigenvalue weighted by atomic mass is 19.3. The van der Waals surface area contributed by atoms with Crippen LogP contribution in [0.2, 0.25) is 0 Å². The number of alkyl halides is 4. The van der Waals surface area contributed by atoms with Crippen LogP contribution in [-0.4, -0.2) is 29.6 Å². The van der Waals surface area contributed by atoms with Gasteiger partial charge in [0, 0.05) is 10.9 Å². The van der Waals surface area contributed by atoms with Crippen molar-refractivity contribution < 1.29 is 41.0 Å². The fourth-order valence-electron chi connectivity index (χ4n) is 4.03. The van der Waals surface area contributed by atoms with Crippen molar-refractivity contribution in [2.45, 2.75) is 31.1 Å². The molecule has 0 aliphatic heterocycles. The first-order valence-electron chi connectivity index (χ1n) is 11.4. The molecule has 0 fully saturated rings. The molecule has 0 saturated carbocycles. The number of ether oxygens (including phenoxy) is 1. The van der Waals surface area contributed by atoms with Gasteiger partial charge in [0.15, 0.2) is 0 Å². The van der Waals surface area contributed by atoms with Crippen molar-refractivity contribution in [3.63, 3.8) is 0 Å². The zero-order valence-corrected chi connectivity index (χ0v) is 19.6. The van der Waals surface area contributed by atoms with E-state index in [-0.39, 0.29) is 28.5 Å². The number of aliphatic hydroxyl groups excluding tert-OH is 1. The summed E-state index contributed by atoms with van der Waals surface area (Å²) in [4.78, 5) is 13.3. The van der Waals surface area contributed by atoms with Gasteiger partial charge in [-0.2, -0.15) is 17.6 Å². The van der Waals surface area contributed by atoms with Crippen LogP contribution in [0.4, 0.5) is 26.3 Å². The topological polar surface area (TPSA) is 58.6 Å². The van der Waals surface area contributed by atoms with Crippen LogP contribution in [0.3, 0.4) is 0 Å². The summed E-state index contributed by atoms with van der Waals surface area (Å²) in [6.07, 6.45) is -10.3. The van der Waals surface area contributed by atoms with Gasteiger partial charge in [-0.3, -0.25) is 4.79 Å². The second-order valence-corrected chi connectivity index (χ2v) is 8.53. The first kappa shape index (κ1) is 27.0. The van der Waals surface area contributed by atoms with Gasteiger partial charge >= 0.3 is 12.5 Å². The lowest BCUT2D eigenvalue weighted by Crippen LogP contribution is -2.41.